The Labute approximate surface area is 120 Å². The molecular formula is C13H23N3O3S. The van der Waals surface area contributed by atoms with Gasteiger partial charge in [0.15, 0.2) is 0 Å². The molecule has 1 aliphatic heterocycles. The van der Waals surface area contributed by atoms with Gasteiger partial charge >= 0.3 is 0 Å². The lowest BCUT2D eigenvalue weighted by Gasteiger charge is -2.32. The van der Waals surface area contributed by atoms with Crippen LogP contribution in [0.5, 0.6) is 0 Å². The molecule has 2 N–H and O–H groups in total. The van der Waals surface area contributed by atoms with Crippen molar-refractivity contribution in [3.63, 3.8) is 0 Å². The maximum absolute atomic E-state index is 11.5. The normalized spacial score (nSPS) is 21.2. The second-order valence-electron chi connectivity index (χ2n) is 5.19. The molecule has 1 saturated heterocycles. The van der Waals surface area contributed by atoms with E-state index >= 15 is 0 Å². The Bertz CT molecular complexity index is 527. The van der Waals surface area contributed by atoms with Crippen LogP contribution in [0.15, 0.2) is 21.6 Å². The van der Waals surface area contributed by atoms with Crippen molar-refractivity contribution in [3.8, 4) is 0 Å². The van der Waals surface area contributed by atoms with Gasteiger partial charge in [-0.25, -0.2) is 13.1 Å². The zero-order valence-electron chi connectivity index (χ0n) is 12.1. The van der Waals surface area contributed by atoms with Gasteiger partial charge in [-0.2, -0.15) is 0 Å². The summed E-state index contributed by atoms with van der Waals surface area (Å²) in [6, 6.07) is 3.73. The molecule has 0 aromatic carbocycles. The zero-order chi connectivity index (χ0) is 14.6. The van der Waals surface area contributed by atoms with Crippen LogP contribution in [-0.2, 0) is 16.6 Å². The Morgan fingerprint density at radius 1 is 1.40 bits per heavy atom. The van der Waals surface area contributed by atoms with Crippen LogP contribution >= 0.6 is 0 Å². The van der Waals surface area contributed by atoms with Crippen molar-refractivity contribution in [3.05, 3.63) is 17.9 Å². The molecule has 2 heterocycles. The van der Waals surface area contributed by atoms with Crippen molar-refractivity contribution in [2.45, 2.75) is 36.9 Å². The molecule has 20 heavy (non-hydrogen) atoms. The third-order valence-corrected chi connectivity index (χ3v) is 5.06. The van der Waals surface area contributed by atoms with Crippen LogP contribution in [0.1, 0.15) is 25.0 Å². The van der Waals surface area contributed by atoms with Gasteiger partial charge in [0.2, 0.25) is 5.09 Å². The summed E-state index contributed by atoms with van der Waals surface area (Å²) < 4.78 is 30.7. The van der Waals surface area contributed by atoms with Gasteiger partial charge in [-0.3, -0.25) is 0 Å². The minimum Gasteiger partial charge on any atom is -0.447 e. The van der Waals surface area contributed by atoms with E-state index in [1.54, 1.807) is 6.07 Å². The van der Waals surface area contributed by atoms with Crippen molar-refractivity contribution >= 4 is 10.0 Å². The number of likely N-dealkylation sites (tertiary alicyclic amines) is 1. The topological polar surface area (TPSA) is 74.6 Å². The fraction of sp³-hybridized carbons (Fsp3) is 0.692. The maximum Gasteiger partial charge on any atom is 0.273 e. The minimum absolute atomic E-state index is 0.0356. The number of hydrogen-bond acceptors (Lipinski definition) is 5. The van der Waals surface area contributed by atoms with E-state index < -0.39 is 10.0 Å². The van der Waals surface area contributed by atoms with E-state index in [-0.39, 0.29) is 5.09 Å². The number of nitrogens with zero attached hydrogens (tertiary/aromatic N) is 1. The number of nitrogens with one attached hydrogen (secondary N) is 2. The molecule has 7 heteroatoms. The number of piperidine rings is 1. The molecule has 1 fully saturated rings. The summed E-state index contributed by atoms with van der Waals surface area (Å²) in [7, 11) is 0.0342. The van der Waals surface area contributed by atoms with Gasteiger partial charge in [0, 0.05) is 12.6 Å². The van der Waals surface area contributed by atoms with Gasteiger partial charge in [-0.15, -0.1) is 0 Å². The number of furan rings is 1. The number of likely N-dealkylation sites (N-methyl/N-ethyl adjacent to an activating group) is 1. The average Bonchev–Trinajstić information content (AvgIpc) is 2.90. The molecule has 0 amide bonds. The first-order valence-corrected chi connectivity index (χ1v) is 8.44. The SMILES string of the molecule is CNS(=O)(=O)c1ccc(CNCC2CCCCN2C)o1. The monoisotopic (exact) mass is 301 g/mol. The van der Waals surface area contributed by atoms with Crippen LogP contribution in [0.4, 0.5) is 0 Å². The van der Waals surface area contributed by atoms with Crippen LogP contribution in [0.2, 0.25) is 0 Å². The first-order chi connectivity index (χ1) is 9.53. The Kier molecular flexibility index (Phi) is 5.20. The molecule has 114 valence electrons. The second kappa shape index (κ2) is 6.71. The van der Waals surface area contributed by atoms with Crippen molar-refractivity contribution in [1.82, 2.24) is 14.9 Å². The molecule has 0 aliphatic carbocycles. The van der Waals surface area contributed by atoms with Crippen molar-refractivity contribution in [1.29, 1.82) is 0 Å². The van der Waals surface area contributed by atoms with E-state index in [0.717, 1.165) is 13.1 Å². The Morgan fingerprint density at radius 2 is 2.20 bits per heavy atom. The molecule has 1 aliphatic rings. The summed E-state index contributed by atoms with van der Waals surface area (Å²) in [6.45, 7) is 2.59. The van der Waals surface area contributed by atoms with E-state index in [4.69, 9.17) is 4.42 Å². The van der Waals surface area contributed by atoms with E-state index in [2.05, 4.69) is 22.0 Å². The summed E-state index contributed by atoms with van der Waals surface area (Å²) in [5.74, 6) is 0.636. The summed E-state index contributed by atoms with van der Waals surface area (Å²) in [5, 5.41) is 3.30. The van der Waals surface area contributed by atoms with Crippen LogP contribution in [0, 0.1) is 0 Å². The highest BCUT2D eigenvalue weighted by atomic mass is 32.2. The largest absolute Gasteiger partial charge is 0.447 e. The molecule has 1 atom stereocenters. The summed E-state index contributed by atoms with van der Waals surface area (Å²) in [6.07, 6.45) is 3.76. The highest BCUT2D eigenvalue weighted by Crippen LogP contribution is 2.15. The third-order valence-electron chi connectivity index (χ3n) is 3.77. The molecule has 1 unspecified atom stereocenters. The molecular weight excluding hydrogens is 278 g/mol. The van der Waals surface area contributed by atoms with Gasteiger partial charge in [0.1, 0.15) is 5.76 Å². The highest BCUT2D eigenvalue weighted by molar-refractivity contribution is 7.89. The molecule has 0 spiro atoms. The molecule has 6 nitrogen and oxygen atoms in total. The molecule has 2 rings (SSSR count). The fourth-order valence-corrected chi connectivity index (χ4v) is 3.13. The fourth-order valence-electron chi connectivity index (χ4n) is 2.46. The van der Waals surface area contributed by atoms with Crippen molar-refractivity contribution in [2.75, 3.05) is 27.2 Å². The third kappa shape index (κ3) is 3.82. The number of sulfonamides is 1. The van der Waals surface area contributed by atoms with Crippen LogP contribution in [0.3, 0.4) is 0 Å². The molecule has 0 radical (unpaired) electrons. The molecule has 0 bridgehead atoms. The van der Waals surface area contributed by atoms with Gasteiger partial charge < -0.3 is 14.6 Å². The lowest BCUT2D eigenvalue weighted by atomic mass is 10.0. The van der Waals surface area contributed by atoms with Gasteiger partial charge in [-0.05, 0) is 45.6 Å². The average molecular weight is 301 g/mol. The van der Waals surface area contributed by atoms with Gasteiger partial charge in [-0.1, -0.05) is 6.42 Å². The Balaban J connectivity index is 1.83. The standard InChI is InChI=1S/C13H23N3O3S/c1-14-20(17,18)13-7-6-12(19-13)10-15-9-11-5-3-4-8-16(11)2/h6-7,11,14-15H,3-5,8-10H2,1-2H3. The zero-order valence-corrected chi connectivity index (χ0v) is 12.9. The van der Waals surface area contributed by atoms with E-state index in [1.807, 2.05) is 0 Å². The maximum atomic E-state index is 11.5. The molecule has 0 saturated carbocycles. The van der Waals surface area contributed by atoms with Gasteiger partial charge in [0.05, 0.1) is 6.54 Å². The first kappa shape index (κ1) is 15.5. The van der Waals surface area contributed by atoms with E-state index in [1.165, 1.54) is 32.4 Å². The first-order valence-electron chi connectivity index (χ1n) is 6.96. The summed E-state index contributed by atoms with van der Waals surface area (Å²) in [5.41, 5.74) is 0. The molecule has 1 aromatic rings. The lowest BCUT2D eigenvalue weighted by Crippen LogP contribution is -2.42. The van der Waals surface area contributed by atoms with Crippen LogP contribution in [-0.4, -0.2) is 46.5 Å². The smallest absolute Gasteiger partial charge is 0.273 e. The van der Waals surface area contributed by atoms with Crippen molar-refractivity contribution < 1.29 is 12.8 Å². The Morgan fingerprint density at radius 3 is 2.90 bits per heavy atom. The Hall–Kier alpha value is -0.890. The number of hydrogen-bond donors (Lipinski definition) is 2. The van der Waals surface area contributed by atoms with E-state index in [0.29, 0.717) is 18.3 Å². The quantitative estimate of drug-likeness (QED) is 0.811. The minimum atomic E-state index is -3.48. The van der Waals surface area contributed by atoms with Crippen LogP contribution in [0.25, 0.3) is 0 Å². The second-order valence-corrected chi connectivity index (χ2v) is 7.01. The lowest BCUT2D eigenvalue weighted by molar-refractivity contribution is 0.180. The highest BCUT2D eigenvalue weighted by Gasteiger charge is 2.19. The predicted octanol–water partition coefficient (Wildman–Crippen LogP) is 0.762. The van der Waals surface area contributed by atoms with Crippen molar-refractivity contribution in [2.24, 2.45) is 0 Å². The predicted molar refractivity (Wildman–Crippen MR) is 76.9 cm³/mol. The summed E-state index contributed by atoms with van der Waals surface area (Å²) in [4.78, 5) is 2.37. The van der Waals surface area contributed by atoms with Gasteiger partial charge in [0.25, 0.3) is 10.0 Å². The number of rotatable bonds is 6. The van der Waals surface area contributed by atoms with E-state index in [9.17, 15) is 8.42 Å². The van der Waals surface area contributed by atoms with Crippen LogP contribution < -0.4 is 10.0 Å². The molecule has 1 aromatic heterocycles. The summed E-state index contributed by atoms with van der Waals surface area (Å²) >= 11 is 0.